The van der Waals surface area contributed by atoms with E-state index in [-0.39, 0.29) is 0 Å². The third-order valence-corrected chi connectivity index (χ3v) is 2.71. The molecule has 0 spiro atoms. The maximum Gasteiger partial charge on any atom is 0.0525 e. The summed E-state index contributed by atoms with van der Waals surface area (Å²) in [6.07, 6.45) is 7.00. The number of fused-ring (bicyclic) bond motifs is 1. The van der Waals surface area contributed by atoms with Gasteiger partial charge in [-0.2, -0.15) is 5.10 Å². The SMILES string of the molecule is CNCCc1cnn2c1CCCC2. The molecule has 13 heavy (non-hydrogen) atoms. The number of hydrogen-bond donors (Lipinski definition) is 1. The summed E-state index contributed by atoms with van der Waals surface area (Å²) >= 11 is 0. The van der Waals surface area contributed by atoms with Gasteiger partial charge >= 0.3 is 0 Å². The van der Waals surface area contributed by atoms with Gasteiger partial charge in [0.25, 0.3) is 0 Å². The van der Waals surface area contributed by atoms with E-state index in [1.807, 2.05) is 13.2 Å². The highest BCUT2D eigenvalue weighted by Crippen LogP contribution is 2.17. The Labute approximate surface area is 79.1 Å². The predicted octanol–water partition coefficient (Wildman–Crippen LogP) is 0.981. The number of aryl methyl sites for hydroxylation is 1. The lowest BCUT2D eigenvalue weighted by Gasteiger charge is -2.14. The van der Waals surface area contributed by atoms with Gasteiger partial charge in [0.15, 0.2) is 0 Å². The lowest BCUT2D eigenvalue weighted by Crippen LogP contribution is -2.14. The molecule has 0 amide bonds. The van der Waals surface area contributed by atoms with Crippen LogP contribution in [0.4, 0.5) is 0 Å². The highest BCUT2D eigenvalue weighted by molar-refractivity contribution is 5.19. The van der Waals surface area contributed by atoms with E-state index in [9.17, 15) is 0 Å². The first-order chi connectivity index (χ1) is 6.42. The van der Waals surface area contributed by atoms with Crippen LogP contribution in [0.1, 0.15) is 24.1 Å². The fraction of sp³-hybridized carbons (Fsp3) is 0.700. The average molecular weight is 179 g/mol. The second-order valence-corrected chi connectivity index (χ2v) is 3.65. The van der Waals surface area contributed by atoms with E-state index in [4.69, 9.17) is 0 Å². The van der Waals surface area contributed by atoms with Crippen LogP contribution in [-0.4, -0.2) is 23.4 Å². The molecule has 0 fully saturated rings. The van der Waals surface area contributed by atoms with Gasteiger partial charge in [-0.3, -0.25) is 4.68 Å². The summed E-state index contributed by atoms with van der Waals surface area (Å²) in [5.74, 6) is 0. The minimum absolute atomic E-state index is 1.05. The molecule has 1 N–H and O–H groups in total. The molecular weight excluding hydrogens is 162 g/mol. The normalized spacial score (nSPS) is 15.8. The van der Waals surface area contributed by atoms with E-state index in [2.05, 4.69) is 15.1 Å². The van der Waals surface area contributed by atoms with Crippen LogP contribution in [0.15, 0.2) is 6.20 Å². The summed E-state index contributed by atoms with van der Waals surface area (Å²) in [6, 6.07) is 0. The van der Waals surface area contributed by atoms with Crippen molar-refractivity contribution in [3.63, 3.8) is 0 Å². The van der Waals surface area contributed by atoms with E-state index in [1.165, 1.54) is 30.5 Å². The van der Waals surface area contributed by atoms with Crippen molar-refractivity contribution in [1.82, 2.24) is 15.1 Å². The standard InChI is InChI=1S/C10H17N3/c1-11-6-5-9-8-12-13-7-3-2-4-10(9)13/h8,11H,2-7H2,1H3. The second-order valence-electron chi connectivity index (χ2n) is 3.65. The van der Waals surface area contributed by atoms with E-state index in [1.54, 1.807) is 0 Å². The quantitative estimate of drug-likeness (QED) is 0.749. The number of nitrogens with zero attached hydrogens (tertiary/aromatic N) is 2. The molecule has 2 heterocycles. The number of rotatable bonds is 3. The Bertz CT molecular complexity index is 278. The largest absolute Gasteiger partial charge is 0.319 e. The minimum atomic E-state index is 1.05. The summed E-state index contributed by atoms with van der Waals surface area (Å²) < 4.78 is 2.18. The Kier molecular flexibility index (Phi) is 2.64. The molecule has 1 aliphatic rings. The van der Waals surface area contributed by atoms with Crippen molar-refractivity contribution in [2.45, 2.75) is 32.2 Å². The molecule has 1 aliphatic heterocycles. The molecular formula is C10H17N3. The highest BCUT2D eigenvalue weighted by Gasteiger charge is 2.13. The zero-order valence-corrected chi connectivity index (χ0v) is 8.21. The third-order valence-electron chi connectivity index (χ3n) is 2.71. The molecule has 0 radical (unpaired) electrons. The topological polar surface area (TPSA) is 29.9 Å². The molecule has 0 aliphatic carbocycles. The van der Waals surface area contributed by atoms with Crippen LogP contribution in [0.2, 0.25) is 0 Å². The molecule has 0 aromatic carbocycles. The molecule has 0 saturated heterocycles. The molecule has 2 rings (SSSR count). The van der Waals surface area contributed by atoms with Crippen molar-refractivity contribution in [3.8, 4) is 0 Å². The maximum absolute atomic E-state index is 4.40. The van der Waals surface area contributed by atoms with E-state index < -0.39 is 0 Å². The van der Waals surface area contributed by atoms with Crippen LogP contribution in [0, 0.1) is 0 Å². The monoisotopic (exact) mass is 179 g/mol. The van der Waals surface area contributed by atoms with Gasteiger partial charge in [0.1, 0.15) is 0 Å². The van der Waals surface area contributed by atoms with Gasteiger partial charge in [0, 0.05) is 12.2 Å². The van der Waals surface area contributed by atoms with Gasteiger partial charge in [0.2, 0.25) is 0 Å². The molecule has 3 nitrogen and oxygen atoms in total. The molecule has 1 aromatic rings. The summed E-state index contributed by atoms with van der Waals surface area (Å²) in [6.45, 7) is 2.17. The van der Waals surface area contributed by atoms with Crippen molar-refractivity contribution in [2.24, 2.45) is 0 Å². The Hall–Kier alpha value is -0.830. The first-order valence-corrected chi connectivity index (χ1v) is 5.10. The fourth-order valence-electron chi connectivity index (χ4n) is 1.95. The smallest absolute Gasteiger partial charge is 0.0525 e. The predicted molar refractivity (Wildman–Crippen MR) is 52.8 cm³/mol. The van der Waals surface area contributed by atoms with Crippen LogP contribution in [0.5, 0.6) is 0 Å². The van der Waals surface area contributed by atoms with Crippen molar-refractivity contribution in [2.75, 3.05) is 13.6 Å². The van der Waals surface area contributed by atoms with Gasteiger partial charge in [-0.25, -0.2) is 0 Å². The van der Waals surface area contributed by atoms with Crippen LogP contribution >= 0.6 is 0 Å². The maximum atomic E-state index is 4.40. The van der Waals surface area contributed by atoms with Gasteiger partial charge < -0.3 is 5.32 Å². The van der Waals surface area contributed by atoms with E-state index in [0.717, 1.165) is 19.5 Å². The Balaban J connectivity index is 2.12. The molecule has 1 aromatic heterocycles. The third kappa shape index (κ3) is 1.75. The highest BCUT2D eigenvalue weighted by atomic mass is 15.3. The molecule has 0 atom stereocenters. The van der Waals surface area contributed by atoms with Gasteiger partial charge in [-0.05, 0) is 44.8 Å². The fourth-order valence-corrected chi connectivity index (χ4v) is 1.95. The number of hydrogen-bond acceptors (Lipinski definition) is 2. The second kappa shape index (κ2) is 3.92. The number of aromatic nitrogens is 2. The first-order valence-electron chi connectivity index (χ1n) is 5.10. The number of likely N-dealkylation sites (N-methyl/N-ethyl adjacent to an activating group) is 1. The van der Waals surface area contributed by atoms with E-state index >= 15 is 0 Å². The summed E-state index contributed by atoms with van der Waals surface area (Å²) in [4.78, 5) is 0. The van der Waals surface area contributed by atoms with Crippen LogP contribution in [0.25, 0.3) is 0 Å². The first kappa shape index (κ1) is 8.75. The van der Waals surface area contributed by atoms with Gasteiger partial charge in [-0.15, -0.1) is 0 Å². The van der Waals surface area contributed by atoms with Gasteiger partial charge in [-0.1, -0.05) is 0 Å². The lowest BCUT2D eigenvalue weighted by atomic mass is 10.1. The van der Waals surface area contributed by atoms with Crippen LogP contribution in [-0.2, 0) is 19.4 Å². The number of nitrogens with one attached hydrogen (secondary N) is 1. The summed E-state index contributed by atoms with van der Waals surface area (Å²) in [5, 5.41) is 7.57. The van der Waals surface area contributed by atoms with Crippen molar-refractivity contribution in [3.05, 3.63) is 17.5 Å². The molecule has 0 unspecified atom stereocenters. The Morgan fingerprint density at radius 1 is 1.54 bits per heavy atom. The van der Waals surface area contributed by atoms with Gasteiger partial charge in [0.05, 0.1) is 6.20 Å². The van der Waals surface area contributed by atoms with Crippen LogP contribution in [0.3, 0.4) is 0 Å². The van der Waals surface area contributed by atoms with Crippen molar-refractivity contribution in [1.29, 1.82) is 0 Å². The lowest BCUT2D eigenvalue weighted by molar-refractivity contribution is 0.484. The molecule has 3 heteroatoms. The summed E-state index contributed by atoms with van der Waals surface area (Å²) in [7, 11) is 2.00. The zero-order chi connectivity index (χ0) is 9.10. The molecule has 0 bridgehead atoms. The Morgan fingerprint density at radius 2 is 2.46 bits per heavy atom. The zero-order valence-electron chi connectivity index (χ0n) is 8.21. The molecule has 0 saturated carbocycles. The Morgan fingerprint density at radius 3 is 3.31 bits per heavy atom. The van der Waals surface area contributed by atoms with Crippen LogP contribution < -0.4 is 5.32 Å². The van der Waals surface area contributed by atoms with Crippen molar-refractivity contribution < 1.29 is 0 Å². The molecule has 72 valence electrons. The average Bonchev–Trinajstić information content (AvgIpc) is 2.58. The summed E-state index contributed by atoms with van der Waals surface area (Å²) in [5.41, 5.74) is 2.91. The van der Waals surface area contributed by atoms with E-state index in [0.29, 0.717) is 0 Å². The van der Waals surface area contributed by atoms with Crippen molar-refractivity contribution >= 4 is 0 Å². The minimum Gasteiger partial charge on any atom is -0.319 e.